The summed E-state index contributed by atoms with van der Waals surface area (Å²) in [6.07, 6.45) is 4.36. The maximum atomic E-state index is 12.4. The Labute approximate surface area is 145 Å². The van der Waals surface area contributed by atoms with Crippen LogP contribution in [0.25, 0.3) is 0 Å². The molecule has 6 nitrogen and oxygen atoms in total. The van der Waals surface area contributed by atoms with Crippen molar-refractivity contribution in [3.05, 3.63) is 34.8 Å². The largest absolute Gasteiger partial charge is 0.350 e. The highest BCUT2D eigenvalue weighted by molar-refractivity contribution is 7.08. The number of amides is 1. The minimum atomic E-state index is 0.215. The lowest BCUT2D eigenvalue weighted by Crippen LogP contribution is -2.54. The molecule has 0 N–H and O–H groups in total. The number of fused-ring (bicyclic) bond motifs is 1. The second-order valence-electron chi connectivity index (χ2n) is 6.35. The molecule has 1 saturated heterocycles. The van der Waals surface area contributed by atoms with Crippen LogP contribution in [0.5, 0.6) is 0 Å². The molecule has 3 aliphatic rings. The number of carbonyl (C=O) groups is 1. The fourth-order valence-electron chi connectivity index (χ4n) is 3.30. The lowest BCUT2D eigenvalue weighted by molar-refractivity contribution is -0.131. The van der Waals surface area contributed by atoms with Crippen LogP contribution in [0.4, 0.5) is 0 Å². The molecule has 1 fully saturated rings. The monoisotopic (exact) mass is 343 g/mol. The Kier molecular flexibility index (Phi) is 4.10. The van der Waals surface area contributed by atoms with E-state index in [1.165, 1.54) is 0 Å². The van der Waals surface area contributed by atoms with Gasteiger partial charge in [0, 0.05) is 38.6 Å². The highest BCUT2D eigenvalue weighted by atomic mass is 32.1. The Balaban J connectivity index is 1.37. The van der Waals surface area contributed by atoms with Gasteiger partial charge in [-0.1, -0.05) is 0 Å². The molecule has 24 heavy (non-hydrogen) atoms. The lowest BCUT2D eigenvalue weighted by Gasteiger charge is -2.38. The van der Waals surface area contributed by atoms with Crippen LogP contribution >= 0.6 is 11.3 Å². The summed E-state index contributed by atoms with van der Waals surface area (Å²) in [7, 11) is 0. The van der Waals surface area contributed by atoms with E-state index in [1.807, 2.05) is 34.1 Å². The molecule has 4 rings (SSSR count). The molecule has 0 saturated carbocycles. The zero-order valence-electron chi connectivity index (χ0n) is 13.8. The summed E-state index contributed by atoms with van der Waals surface area (Å²) in [5.74, 6) is 2.14. The Morgan fingerprint density at radius 1 is 1.29 bits per heavy atom. The molecule has 1 aromatic rings. The number of nitrogens with zero attached hydrogens (tertiary/aromatic N) is 5. The van der Waals surface area contributed by atoms with Crippen LogP contribution in [0, 0.1) is 0 Å². The van der Waals surface area contributed by atoms with Crippen molar-refractivity contribution >= 4 is 28.9 Å². The summed E-state index contributed by atoms with van der Waals surface area (Å²) < 4.78 is 0. The van der Waals surface area contributed by atoms with Crippen LogP contribution in [0.1, 0.15) is 12.5 Å². The molecule has 0 unspecified atom stereocenters. The summed E-state index contributed by atoms with van der Waals surface area (Å²) in [5, 5.41) is 4.07. The molecule has 7 heteroatoms. The zero-order valence-corrected chi connectivity index (χ0v) is 14.6. The standard InChI is InChI=1S/C17H21N5OS/c1-13-11-19-17-16(18-3-4-22(13)17)21-7-5-20(6-8-21)15(23)10-14-2-9-24-12-14/h2-4,9,12-13H,5-8,10-11H2,1H3/t13-/m0/s1. The maximum Gasteiger partial charge on any atom is 0.227 e. The number of amidine groups is 2. The number of piperazine rings is 1. The zero-order chi connectivity index (χ0) is 16.5. The smallest absolute Gasteiger partial charge is 0.227 e. The molecule has 4 heterocycles. The molecular weight excluding hydrogens is 322 g/mol. The van der Waals surface area contributed by atoms with Gasteiger partial charge in [0.25, 0.3) is 0 Å². The van der Waals surface area contributed by atoms with Crippen LogP contribution in [0.3, 0.4) is 0 Å². The molecular formula is C17H21N5OS. The minimum absolute atomic E-state index is 0.215. The predicted molar refractivity (Wildman–Crippen MR) is 96.4 cm³/mol. The highest BCUT2D eigenvalue weighted by Gasteiger charge is 2.32. The van der Waals surface area contributed by atoms with Gasteiger partial charge in [0.05, 0.1) is 19.0 Å². The Morgan fingerprint density at radius 2 is 2.12 bits per heavy atom. The van der Waals surface area contributed by atoms with Gasteiger partial charge in [-0.05, 0) is 29.3 Å². The van der Waals surface area contributed by atoms with Crippen molar-refractivity contribution < 1.29 is 4.79 Å². The van der Waals surface area contributed by atoms with Crippen molar-refractivity contribution in [1.82, 2.24) is 14.7 Å². The van der Waals surface area contributed by atoms with Crippen molar-refractivity contribution in [3.63, 3.8) is 0 Å². The first kappa shape index (κ1) is 15.4. The Bertz CT molecular complexity index is 701. The van der Waals surface area contributed by atoms with Crippen molar-refractivity contribution in [2.45, 2.75) is 19.4 Å². The number of hydrogen-bond acceptors (Lipinski definition) is 6. The first-order chi connectivity index (χ1) is 11.7. The van der Waals surface area contributed by atoms with E-state index >= 15 is 0 Å². The predicted octanol–water partition coefficient (Wildman–Crippen LogP) is 1.42. The molecule has 0 aromatic carbocycles. The molecule has 0 spiro atoms. The molecule has 3 aliphatic heterocycles. The summed E-state index contributed by atoms with van der Waals surface area (Å²) >= 11 is 1.64. The Morgan fingerprint density at radius 3 is 2.88 bits per heavy atom. The van der Waals surface area contributed by atoms with E-state index in [9.17, 15) is 4.79 Å². The quantitative estimate of drug-likeness (QED) is 0.816. The van der Waals surface area contributed by atoms with Gasteiger partial charge in [-0.2, -0.15) is 11.3 Å². The number of hydrogen-bond donors (Lipinski definition) is 0. The average Bonchev–Trinajstić information content (AvgIpc) is 3.25. The molecule has 1 atom stereocenters. The fourth-order valence-corrected chi connectivity index (χ4v) is 3.97. The van der Waals surface area contributed by atoms with Gasteiger partial charge in [0.2, 0.25) is 5.91 Å². The fraction of sp³-hybridized carbons (Fsp3) is 0.471. The van der Waals surface area contributed by atoms with E-state index in [4.69, 9.17) is 0 Å². The van der Waals surface area contributed by atoms with Crippen molar-refractivity contribution in [1.29, 1.82) is 0 Å². The molecule has 0 radical (unpaired) electrons. The van der Waals surface area contributed by atoms with Crippen molar-refractivity contribution in [2.24, 2.45) is 9.98 Å². The molecule has 1 amide bonds. The summed E-state index contributed by atoms with van der Waals surface area (Å²) in [5.41, 5.74) is 1.11. The lowest BCUT2D eigenvalue weighted by atomic mass is 10.2. The number of carbonyl (C=O) groups excluding carboxylic acids is 1. The third kappa shape index (κ3) is 2.84. The van der Waals surface area contributed by atoms with E-state index < -0.39 is 0 Å². The van der Waals surface area contributed by atoms with Crippen LogP contribution in [-0.4, -0.2) is 71.0 Å². The normalized spacial score (nSPS) is 23.2. The first-order valence-electron chi connectivity index (χ1n) is 8.34. The van der Waals surface area contributed by atoms with Crippen LogP contribution in [0.15, 0.2) is 39.2 Å². The molecule has 1 aromatic heterocycles. The summed E-state index contributed by atoms with van der Waals surface area (Å²) in [4.78, 5) is 28.0. The first-order valence-corrected chi connectivity index (χ1v) is 9.28. The molecule has 0 aliphatic carbocycles. The average molecular weight is 343 g/mol. The minimum Gasteiger partial charge on any atom is -0.350 e. The van der Waals surface area contributed by atoms with Crippen molar-refractivity contribution in [3.8, 4) is 0 Å². The van der Waals surface area contributed by atoms with Gasteiger partial charge in [-0.3, -0.25) is 9.79 Å². The molecule has 0 bridgehead atoms. The van der Waals surface area contributed by atoms with Gasteiger partial charge < -0.3 is 14.7 Å². The second kappa shape index (κ2) is 6.39. The second-order valence-corrected chi connectivity index (χ2v) is 7.13. The number of thiophene rings is 1. The Hall–Kier alpha value is -2.15. The van der Waals surface area contributed by atoms with E-state index in [-0.39, 0.29) is 5.91 Å². The van der Waals surface area contributed by atoms with E-state index in [1.54, 1.807) is 11.3 Å². The van der Waals surface area contributed by atoms with Crippen molar-refractivity contribution in [2.75, 3.05) is 32.7 Å². The van der Waals surface area contributed by atoms with E-state index in [0.29, 0.717) is 12.5 Å². The molecule has 126 valence electrons. The topological polar surface area (TPSA) is 51.5 Å². The van der Waals surface area contributed by atoms with Gasteiger partial charge in [0.1, 0.15) is 0 Å². The maximum absolute atomic E-state index is 12.4. The van der Waals surface area contributed by atoms with Crippen LogP contribution < -0.4 is 0 Å². The van der Waals surface area contributed by atoms with Gasteiger partial charge >= 0.3 is 0 Å². The SMILES string of the molecule is C[C@H]1CN=C2C(N3CCN(C(=O)Cc4ccsc4)CC3)=NC=CN21. The van der Waals surface area contributed by atoms with Gasteiger partial charge in [-0.25, -0.2) is 4.99 Å². The van der Waals surface area contributed by atoms with Gasteiger partial charge in [-0.15, -0.1) is 0 Å². The summed E-state index contributed by atoms with van der Waals surface area (Å²) in [6, 6.07) is 2.42. The van der Waals surface area contributed by atoms with Crippen LogP contribution in [-0.2, 0) is 11.2 Å². The number of rotatable bonds is 2. The van der Waals surface area contributed by atoms with E-state index in [2.05, 4.69) is 26.7 Å². The van der Waals surface area contributed by atoms with E-state index in [0.717, 1.165) is 50.0 Å². The van der Waals surface area contributed by atoms with Gasteiger partial charge in [0.15, 0.2) is 11.7 Å². The highest BCUT2D eigenvalue weighted by Crippen LogP contribution is 2.18. The third-order valence-corrected chi connectivity index (χ3v) is 5.45. The summed E-state index contributed by atoms with van der Waals surface area (Å²) in [6.45, 7) is 6.10. The van der Waals surface area contributed by atoms with Crippen LogP contribution in [0.2, 0.25) is 0 Å². The number of aliphatic imine (C=N–C) groups is 2. The third-order valence-electron chi connectivity index (χ3n) is 4.72.